The minimum Gasteiger partial charge on any atom is -0.469 e. The van der Waals surface area contributed by atoms with Gasteiger partial charge in [-0.2, -0.15) is 0 Å². The quantitative estimate of drug-likeness (QED) is 0.323. The molecule has 0 radical (unpaired) electrons. The second-order valence-electron chi connectivity index (χ2n) is 6.42. The van der Waals surface area contributed by atoms with Gasteiger partial charge in [-0.1, -0.05) is 44.9 Å². The van der Waals surface area contributed by atoms with Crippen LogP contribution < -0.4 is 0 Å². The Kier molecular flexibility index (Phi) is 6.85. The van der Waals surface area contributed by atoms with E-state index >= 15 is 0 Å². The molecule has 0 aromatic rings. The second-order valence-corrected chi connectivity index (χ2v) is 6.42. The van der Waals surface area contributed by atoms with Gasteiger partial charge in [0.1, 0.15) is 0 Å². The van der Waals surface area contributed by atoms with Crippen molar-refractivity contribution < 1.29 is 14.3 Å². The highest BCUT2D eigenvalue weighted by Gasteiger charge is 2.49. The van der Waals surface area contributed by atoms with Crippen molar-refractivity contribution in [1.29, 1.82) is 0 Å². The molecule has 0 bridgehead atoms. The Hall–Kier alpha value is -0.570. The van der Waals surface area contributed by atoms with E-state index < -0.39 is 0 Å². The molecule has 1 heterocycles. The number of methoxy groups -OCH3 is 1. The molecule has 0 amide bonds. The van der Waals surface area contributed by atoms with Gasteiger partial charge in [0.05, 0.1) is 19.3 Å². The maximum Gasteiger partial charge on any atom is 0.305 e. The third-order valence-corrected chi connectivity index (χ3v) is 4.84. The zero-order valence-corrected chi connectivity index (χ0v) is 12.9. The number of ether oxygens (including phenoxy) is 2. The van der Waals surface area contributed by atoms with Crippen molar-refractivity contribution in [3.05, 3.63) is 0 Å². The van der Waals surface area contributed by atoms with Gasteiger partial charge in [0, 0.05) is 6.42 Å². The van der Waals surface area contributed by atoms with Gasteiger partial charge in [0.15, 0.2) is 0 Å². The molecule has 1 aliphatic heterocycles. The van der Waals surface area contributed by atoms with Crippen molar-refractivity contribution in [3.63, 3.8) is 0 Å². The number of unbranched alkanes of at least 4 members (excludes halogenated alkanes) is 7. The third kappa shape index (κ3) is 5.43. The lowest BCUT2D eigenvalue weighted by atomic mass is 9.98. The minimum absolute atomic E-state index is 0.0706. The zero-order chi connectivity index (χ0) is 14.2. The Morgan fingerprint density at radius 2 is 1.65 bits per heavy atom. The van der Waals surface area contributed by atoms with E-state index in [1.165, 1.54) is 64.9 Å². The van der Waals surface area contributed by atoms with E-state index in [9.17, 15) is 4.79 Å². The first-order valence-electron chi connectivity index (χ1n) is 8.53. The number of rotatable bonds is 11. The summed E-state index contributed by atoms with van der Waals surface area (Å²) in [5, 5.41) is 0. The SMILES string of the molecule is COC(=O)CCCCCCCCCCC1CCC2OC12. The first-order valence-corrected chi connectivity index (χ1v) is 8.53. The minimum atomic E-state index is -0.0706. The van der Waals surface area contributed by atoms with Crippen LogP contribution in [0.5, 0.6) is 0 Å². The van der Waals surface area contributed by atoms with Crippen molar-refractivity contribution in [2.45, 2.75) is 89.3 Å². The van der Waals surface area contributed by atoms with Crippen molar-refractivity contribution >= 4 is 5.97 Å². The van der Waals surface area contributed by atoms with Crippen LogP contribution in [-0.2, 0) is 14.3 Å². The lowest BCUT2D eigenvalue weighted by molar-refractivity contribution is -0.140. The number of fused-ring (bicyclic) bond motifs is 1. The van der Waals surface area contributed by atoms with E-state index in [0.717, 1.165) is 18.8 Å². The molecule has 2 aliphatic rings. The van der Waals surface area contributed by atoms with Crippen LogP contribution in [0.3, 0.4) is 0 Å². The van der Waals surface area contributed by atoms with Gasteiger partial charge in [-0.25, -0.2) is 0 Å². The molecule has 3 atom stereocenters. The number of esters is 1. The van der Waals surface area contributed by atoms with E-state index in [-0.39, 0.29) is 5.97 Å². The van der Waals surface area contributed by atoms with Crippen molar-refractivity contribution in [3.8, 4) is 0 Å². The Bertz CT molecular complexity index is 290. The molecular weight excluding hydrogens is 252 g/mol. The van der Waals surface area contributed by atoms with Crippen molar-refractivity contribution in [1.82, 2.24) is 0 Å². The molecule has 0 spiro atoms. The van der Waals surface area contributed by atoms with Crippen molar-refractivity contribution in [2.24, 2.45) is 5.92 Å². The Morgan fingerprint density at radius 1 is 1.00 bits per heavy atom. The van der Waals surface area contributed by atoms with Gasteiger partial charge in [0.2, 0.25) is 0 Å². The fourth-order valence-corrected chi connectivity index (χ4v) is 3.49. The van der Waals surface area contributed by atoms with E-state index in [4.69, 9.17) is 4.74 Å². The van der Waals surface area contributed by atoms with Crippen LogP contribution in [0.25, 0.3) is 0 Å². The van der Waals surface area contributed by atoms with Crippen LogP contribution in [0.2, 0.25) is 0 Å². The summed E-state index contributed by atoms with van der Waals surface area (Å²) in [5.41, 5.74) is 0. The van der Waals surface area contributed by atoms with Crippen LogP contribution in [0.1, 0.15) is 77.0 Å². The average Bonchev–Trinajstić information content (AvgIpc) is 3.14. The molecule has 20 heavy (non-hydrogen) atoms. The summed E-state index contributed by atoms with van der Waals surface area (Å²) in [6.07, 6.45) is 16.2. The fourth-order valence-electron chi connectivity index (χ4n) is 3.49. The largest absolute Gasteiger partial charge is 0.469 e. The summed E-state index contributed by atoms with van der Waals surface area (Å²) in [4.78, 5) is 10.9. The molecule has 2 fully saturated rings. The second kappa shape index (κ2) is 8.66. The Morgan fingerprint density at radius 3 is 2.20 bits per heavy atom. The van der Waals surface area contributed by atoms with Gasteiger partial charge in [0.25, 0.3) is 0 Å². The molecule has 1 aliphatic carbocycles. The molecule has 0 aromatic carbocycles. The standard InChI is InChI=1S/C17H30O3/c1-19-16(18)11-9-7-5-3-2-4-6-8-10-14-12-13-15-17(14)20-15/h14-15,17H,2-13H2,1H3. The van der Waals surface area contributed by atoms with Crippen LogP contribution in [0, 0.1) is 5.92 Å². The van der Waals surface area contributed by atoms with Crippen LogP contribution in [-0.4, -0.2) is 25.3 Å². The molecule has 3 heteroatoms. The summed E-state index contributed by atoms with van der Waals surface area (Å²) in [7, 11) is 1.46. The highest BCUT2D eigenvalue weighted by atomic mass is 16.6. The first-order chi connectivity index (χ1) is 9.81. The number of epoxide rings is 1. The average molecular weight is 282 g/mol. The van der Waals surface area contributed by atoms with Crippen LogP contribution >= 0.6 is 0 Å². The Labute approximate surface area is 123 Å². The summed E-state index contributed by atoms with van der Waals surface area (Å²) in [6.45, 7) is 0. The summed E-state index contributed by atoms with van der Waals surface area (Å²) in [5.74, 6) is 0.817. The predicted molar refractivity (Wildman–Crippen MR) is 79.6 cm³/mol. The topological polar surface area (TPSA) is 38.8 Å². The molecule has 3 nitrogen and oxygen atoms in total. The zero-order valence-electron chi connectivity index (χ0n) is 12.9. The number of carbonyl (C=O) groups is 1. The number of carbonyl (C=O) groups excluding carboxylic acids is 1. The maximum atomic E-state index is 10.9. The van der Waals surface area contributed by atoms with E-state index in [1.54, 1.807) is 0 Å². The highest BCUT2D eigenvalue weighted by Crippen LogP contribution is 2.45. The normalized spacial score (nSPS) is 27.4. The monoisotopic (exact) mass is 282 g/mol. The molecule has 116 valence electrons. The molecule has 2 rings (SSSR count). The molecule has 1 saturated heterocycles. The highest BCUT2D eigenvalue weighted by molar-refractivity contribution is 5.68. The van der Waals surface area contributed by atoms with Gasteiger partial charge in [-0.15, -0.1) is 0 Å². The fraction of sp³-hybridized carbons (Fsp3) is 0.941. The van der Waals surface area contributed by atoms with Crippen LogP contribution in [0.15, 0.2) is 0 Å². The van der Waals surface area contributed by atoms with Gasteiger partial charge in [-0.3, -0.25) is 4.79 Å². The van der Waals surface area contributed by atoms with Gasteiger partial charge < -0.3 is 9.47 Å². The maximum absolute atomic E-state index is 10.9. The molecular formula is C17H30O3. The smallest absolute Gasteiger partial charge is 0.305 e. The van der Waals surface area contributed by atoms with E-state index in [1.807, 2.05) is 0 Å². The van der Waals surface area contributed by atoms with E-state index in [2.05, 4.69) is 4.74 Å². The summed E-state index contributed by atoms with van der Waals surface area (Å²) >= 11 is 0. The lowest BCUT2D eigenvalue weighted by Gasteiger charge is -2.09. The summed E-state index contributed by atoms with van der Waals surface area (Å²) < 4.78 is 10.2. The molecule has 0 N–H and O–H groups in total. The summed E-state index contributed by atoms with van der Waals surface area (Å²) in [6, 6.07) is 0. The van der Waals surface area contributed by atoms with E-state index in [0.29, 0.717) is 18.6 Å². The molecule has 0 aromatic heterocycles. The first kappa shape index (κ1) is 15.8. The predicted octanol–water partition coefficient (Wildman–Crippen LogP) is 4.24. The number of hydrogen-bond acceptors (Lipinski definition) is 3. The number of hydrogen-bond donors (Lipinski definition) is 0. The molecule has 1 saturated carbocycles. The lowest BCUT2D eigenvalue weighted by Crippen LogP contribution is -2.03. The third-order valence-electron chi connectivity index (χ3n) is 4.84. The van der Waals surface area contributed by atoms with Crippen molar-refractivity contribution in [2.75, 3.05) is 7.11 Å². The Balaban J connectivity index is 1.29. The van der Waals surface area contributed by atoms with Crippen LogP contribution in [0.4, 0.5) is 0 Å². The van der Waals surface area contributed by atoms with Gasteiger partial charge >= 0.3 is 5.97 Å². The molecule has 3 unspecified atom stereocenters. The van der Waals surface area contributed by atoms with Gasteiger partial charge in [-0.05, 0) is 31.6 Å².